The maximum Gasteiger partial charge on any atom is 0.409 e. The first-order valence-corrected chi connectivity index (χ1v) is 6.09. The fraction of sp³-hybridized carbons (Fsp3) is 0.500. The summed E-state index contributed by atoms with van der Waals surface area (Å²) in [6.45, 7) is 5.80. The number of aliphatic hydroxyl groups is 1. The number of aliphatic hydroxyl groups excluding tert-OH is 1. The molecule has 5 heteroatoms. The van der Waals surface area contributed by atoms with E-state index in [4.69, 9.17) is 9.84 Å². The molecular formula is C14H21NO4. The second-order valence-electron chi connectivity index (χ2n) is 5.54. The lowest BCUT2D eigenvalue weighted by molar-refractivity contribution is 0.0637. The van der Waals surface area contributed by atoms with Gasteiger partial charge in [-0.05, 0) is 29.2 Å². The summed E-state index contributed by atoms with van der Waals surface area (Å²) in [5.74, 6) is 0.632. The van der Waals surface area contributed by atoms with Gasteiger partial charge in [0.25, 0.3) is 0 Å². The summed E-state index contributed by atoms with van der Waals surface area (Å²) in [5.41, 5.74) is 0.907. The van der Waals surface area contributed by atoms with Gasteiger partial charge in [0, 0.05) is 12.1 Å². The number of nitrogens with one attached hydrogen (secondary N) is 1. The molecule has 0 aliphatic heterocycles. The lowest BCUT2D eigenvalue weighted by Gasteiger charge is -2.26. The molecule has 19 heavy (non-hydrogen) atoms. The van der Waals surface area contributed by atoms with Crippen molar-refractivity contribution in [3.05, 3.63) is 23.8 Å². The number of benzene rings is 1. The molecule has 1 unspecified atom stereocenters. The van der Waals surface area contributed by atoms with E-state index in [0.29, 0.717) is 23.4 Å². The van der Waals surface area contributed by atoms with E-state index in [1.807, 2.05) is 20.8 Å². The molecule has 0 aliphatic carbocycles. The van der Waals surface area contributed by atoms with Gasteiger partial charge >= 0.3 is 6.09 Å². The number of carbonyl (C=O) groups is 1. The van der Waals surface area contributed by atoms with Gasteiger partial charge in [-0.3, -0.25) is 5.32 Å². The van der Waals surface area contributed by atoms with Crippen LogP contribution in [0.3, 0.4) is 0 Å². The zero-order chi connectivity index (χ0) is 14.6. The summed E-state index contributed by atoms with van der Waals surface area (Å²) < 4.78 is 5.13. The fourth-order valence-electron chi connectivity index (χ4n) is 1.62. The minimum Gasteiger partial charge on any atom is -0.497 e. The van der Waals surface area contributed by atoms with Crippen molar-refractivity contribution in [2.24, 2.45) is 5.41 Å². The summed E-state index contributed by atoms with van der Waals surface area (Å²) >= 11 is 0. The first kappa shape index (κ1) is 15.3. The van der Waals surface area contributed by atoms with E-state index in [2.05, 4.69) is 5.32 Å². The van der Waals surface area contributed by atoms with Crippen LogP contribution in [0, 0.1) is 5.41 Å². The Morgan fingerprint density at radius 2 is 2.05 bits per heavy atom. The number of rotatable bonds is 4. The molecule has 0 saturated heterocycles. The minimum atomic E-state index is -1.13. The van der Waals surface area contributed by atoms with Crippen LogP contribution in [0.2, 0.25) is 0 Å². The van der Waals surface area contributed by atoms with Gasteiger partial charge in [-0.15, -0.1) is 0 Å². The molecule has 1 amide bonds. The Bertz CT molecular complexity index is 451. The Hall–Kier alpha value is -1.75. The zero-order valence-electron chi connectivity index (χ0n) is 11.7. The molecule has 1 rings (SSSR count). The minimum absolute atomic E-state index is 0.274. The maximum absolute atomic E-state index is 10.8. The monoisotopic (exact) mass is 267 g/mol. The van der Waals surface area contributed by atoms with E-state index < -0.39 is 12.2 Å². The zero-order valence-corrected chi connectivity index (χ0v) is 11.7. The number of hydrogen-bond donors (Lipinski definition) is 3. The molecule has 1 aromatic carbocycles. The largest absolute Gasteiger partial charge is 0.497 e. The molecule has 3 N–H and O–H groups in total. The van der Waals surface area contributed by atoms with Gasteiger partial charge in [-0.2, -0.15) is 0 Å². The Morgan fingerprint density at radius 1 is 1.42 bits per heavy atom. The second-order valence-corrected chi connectivity index (χ2v) is 5.54. The predicted molar refractivity (Wildman–Crippen MR) is 73.8 cm³/mol. The highest BCUT2D eigenvalue weighted by atomic mass is 16.5. The molecule has 0 spiro atoms. The molecule has 1 aromatic rings. The summed E-state index contributed by atoms with van der Waals surface area (Å²) in [5, 5.41) is 21.3. The maximum atomic E-state index is 10.8. The number of carboxylic acid groups (broad SMARTS) is 1. The van der Waals surface area contributed by atoms with Crippen LogP contribution in [0.4, 0.5) is 10.5 Å². The molecular weight excluding hydrogens is 246 g/mol. The molecule has 0 heterocycles. The summed E-state index contributed by atoms with van der Waals surface area (Å²) in [6.07, 6.45) is -1.35. The Labute approximate surface area is 113 Å². The van der Waals surface area contributed by atoms with E-state index >= 15 is 0 Å². The SMILES string of the molecule is COc1ccc(NC(=O)O)c(CC(O)C(C)(C)C)c1. The smallest absolute Gasteiger partial charge is 0.409 e. The Balaban J connectivity index is 3.04. The van der Waals surface area contributed by atoms with Gasteiger partial charge < -0.3 is 14.9 Å². The van der Waals surface area contributed by atoms with Crippen LogP contribution in [0.5, 0.6) is 5.75 Å². The van der Waals surface area contributed by atoms with E-state index in [9.17, 15) is 9.90 Å². The summed E-state index contributed by atoms with van der Waals surface area (Å²) in [4.78, 5) is 10.8. The fourth-order valence-corrected chi connectivity index (χ4v) is 1.62. The Morgan fingerprint density at radius 3 is 2.53 bits per heavy atom. The topological polar surface area (TPSA) is 78.8 Å². The Kier molecular flexibility index (Phi) is 4.78. The molecule has 5 nitrogen and oxygen atoms in total. The summed E-state index contributed by atoms with van der Waals surface area (Å²) in [7, 11) is 1.55. The first-order valence-electron chi connectivity index (χ1n) is 6.09. The van der Waals surface area contributed by atoms with Crippen LogP contribution >= 0.6 is 0 Å². The molecule has 0 saturated carbocycles. The van der Waals surface area contributed by atoms with Crippen LogP contribution < -0.4 is 10.1 Å². The van der Waals surface area contributed by atoms with E-state index in [1.165, 1.54) is 0 Å². The van der Waals surface area contributed by atoms with Crippen molar-refractivity contribution in [2.75, 3.05) is 12.4 Å². The highest BCUT2D eigenvalue weighted by Gasteiger charge is 2.23. The predicted octanol–water partition coefficient (Wildman–Crippen LogP) is 2.73. The lowest BCUT2D eigenvalue weighted by atomic mass is 9.85. The van der Waals surface area contributed by atoms with Crippen LogP contribution in [0.25, 0.3) is 0 Å². The number of ether oxygens (including phenoxy) is 1. The third kappa shape index (κ3) is 4.44. The summed E-state index contributed by atoms with van der Waals surface area (Å²) in [6, 6.07) is 5.05. The van der Waals surface area contributed by atoms with Crippen molar-refractivity contribution in [1.29, 1.82) is 0 Å². The van der Waals surface area contributed by atoms with Crippen LogP contribution in [-0.2, 0) is 6.42 Å². The number of methoxy groups -OCH3 is 1. The number of hydrogen-bond acceptors (Lipinski definition) is 3. The second kappa shape index (κ2) is 5.93. The quantitative estimate of drug-likeness (QED) is 0.783. The number of anilines is 1. The van der Waals surface area contributed by atoms with Gasteiger partial charge in [0.2, 0.25) is 0 Å². The molecule has 0 aliphatic rings. The van der Waals surface area contributed by atoms with Crippen molar-refractivity contribution < 1.29 is 19.7 Å². The highest BCUT2D eigenvalue weighted by molar-refractivity contribution is 5.84. The van der Waals surface area contributed by atoms with Crippen molar-refractivity contribution in [1.82, 2.24) is 0 Å². The van der Waals surface area contributed by atoms with Crippen molar-refractivity contribution in [2.45, 2.75) is 33.3 Å². The van der Waals surface area contributed by atoms with E-state index in [1.54, 1.807) is 25.3 Å². The third-order valence-corrected chi connectivity index (χ3v) is 2.97. The number of amides is 1. The average molecular weight is 267 g/mol. The van der Waals surface area contributed by atoms with Crippen molar-refractivity contribution in [3.63, 3.8) is 0 Å². The molecule has 1 atom stereocenters. The molecule has 0 aromatic heterocycles. The van der Waals surface area contributed by atoms with Gasteiger partial charge in [0.05, 0.1) is 13.2 Å². The lowest BCUT2D eigenvalue weighted by Crippen LogP contribution is -2.28. The molecule has 0 radical (unpaired) electrons. The van der Waals surface area contributed by atoms with Crippen LogP contribution in [0.1, 0.15) is 26.3 Å². The van der Waals surface area contributed by atoms with Crippen LogP contribution in [-0.4, -0.2) is 29.5 Å². The molecule has 0 bridgehead atoms. The first-order chi connectivity index (χ1) is 8.74. The standard InChI is InChI=1S/C14H21NO4/c1-14(2,3)12(16)8-9-7-10(19-4)5-6-11(9)15-13(17)18/h5-7,12,15-16H,8H2,1-4H3,(H,17,18). The van der Waals surface area contributed by atoms with E-state index in [0.717, 1.165) is 0 Å². The van der Waals surface area contributed by atoms with Gasteiger partial charge in [0.1, 0.15) is 5.75 Å². The van der Waals surface area contributed by atoms with Gasteiger partial charge in [-0.25, -0.2) is 4.79 Å². The van der Waals surface area contributed by atoms with Crippen LogP contribution in [0.15, 0.2) is 18.2 Å². The molecule has 106 valence electrons. The molecule has 0 fully saturated rings. The van der Waals surface area contributed by atoms with Crippen molar-refractivity contribution >= 4 is 11.8 Å². The van der Waals surface area contributed by atoms with Gasteiger partial charge in [-0.1, -0.05) is 20.8 Å². The normalized spacial score (nSPS) is 12.9. The van der Waals surface area contributed by atoms with Gasteiger partial charge in [0.15, 0.2) is 0 Å². The van der Waals surface area contributed by atoms with E-state index in [-0.39, 0.29) is 5.41 Å². The highest BCUT2D eigenvalue weighted by Crippen LogP contribution is 2.28. The third-order valence-electron chi connectivity index (χ3n) is 2.97. The van der Waals surface area contributed by atoms with Crippen molar-refractivity contribution in [3.8, 4) is 5.75 Å². The average Bonchev–Trinajstić information content (AvgIpc) is 2.29.